The highest BCUT2D eigenvalue weighted by atomic mass is 16.4. The maximum absolute atomic E-state index is 12.6. The lowest BCUT2D eigenvalue weighted by atomic mass is 10.0. The fraction of sp³-hybridized carbons (Fsp3) is 0.353. The van der Waals surface area contributed by atoms with Gasteiger partial charge in [0, 0.05) is 6.42 Å². The molecule has 0 radical (unpaired) electrons. The molecule has 0 aliphatic heterocycles. The van der Waals surface area contributed by atoms with Crippen LogP contribution in [0.1, 0.15) is 12.0 Å². The molecule has 0 spiro atoms. The summed E-state index contributed by atoms with van der Waals surface area (Å²) in [5.74, 6) is -5.09. The zero-order valence-electron chi connectivity index (χ0n) is 14.9. The molecule has 0 bridgehead atoms. The number of nitrogens with two attached hydrogens (primary N) is 1. The van der Waals surface area contributed by atoms with E-state index < -0.39 is 54.7 Å². The summed E-state index contributed by atoms with van der Waals surface area (Å²) < 4.78 is 0. The van der Waals surface area contributed by atoms with Crippen LogP contribution in [-0.2, 0) is 30.4 Å². The molecule has 0 aliphatic carbocycles. The molecule has 2 atom stereocenters. The predicted molar refractivity (Wildman–Crippen MR) is 96.0 cm³/mol. The molecule has 0 saturated heterocycles. The molecule has 1 rings (SSSR count). The molecular weight excluding hydrogens is 372 g/mol. The van der Waals surface area contributed by atoms with Gasteiger partial charge in [-0.1, -0.05) is 30.3 Å². The molecule has 0 saturated carbocycles. The van der Waals surface area contributed by atoms with Gasteiger partial charge in [0.25, 0.3) is 0 Å². The number of rotatable bonds is 11. The number of hydrogen-bond donors (Lipinski definition) is 6. The third kappa shape index (κ3) is 8.27. The van der Waals surface area contributed by atoms with Gasteiger partial charge in [-0.3, -0.25) is 24.0 Å². The molecule has 28 heavy (non-hydrogen) atoms. The second kappa shape index (κ2) is 11.3. The summed E-state index contributed by atoms with van der Waals surface area (Å²) in [4.78, 5) is 57.8. The first-order chi connectivity index (χ1) is 13.2. The Morgan fingerprint density at radius 1 is 0.893 bits per heavy atom. The fourth-order valence-electron chi connectivity index (χ4n) is 2.25. The van der Waals surface area contributed by atoms with Crippen LogP contribution in [0.15, 0.2) is 30.3 Å². The summed E-state index contributed by atoms with van der Waals surface area (Å²) in [5.41, 5.74) is 5.97. The SMILES string of the molecule is NCC(=O)NC(Cc1ccccc1)C(=O)NC(CC(=O)O)C(=O)NCC(=O)O. The summed E-state index contributed by atoms with van der Waals surface area (Å²) in [6.07, 6.45) is -0.685. The molecule has 2 unspecified atom stereocenters. The molecule has 0 fully saturated rings. The summed E-state index contributed by atoms with van der Waals surface area (Å²) in [5, 5.41) is 24.2. The van der Waals surface area contributed by atoms with Crippen molar-refractivity contribution in [3.8, 4) is 0 Å². The first-order valence-electron chi connectivity index (χ1n) is 8.28. The Kier molecular flexibility index (Phi) is 9.10. The molecular formula is C17H22N4O7. The van der Waals surface area contributed by atoms with Gasteiger partial charge in [0.1, 0.15) is 18.6 Å². The maximum atomic E-state index is 12.6. The Morgan fingerprint density at radius 3 is 2.07 bits per heavy atom. The topological polar surface area (TPSA) is 188 Å². The molecule has 11 heteroatoms. The minimum Gasteiger partial charge on any atom is -0.481 e. The Balaban J connectivity index is 2.92. The van der Waals surface area contributed by atoms with Crippen molar-refractivity contribution < 1.29 is 34.2 Å². The number of carbonyl (C=O) groups is 5. The van der Waals surface area contributed by atoms with E-state index in [4.69, 9.17) is 15.9 Å². The number of amides is 3. The van der Waals surface area contributed by atoms with Gasteiger partial charge >= 0.3 is 11.9 Å². The zero-order valence-corrected chi connectivity index (χ0v) is 14.9. The van der Waals surface area contributed by atoms with Gasteiger partial charge in [-0.15, -0.1) is 0 Å². The molecule has 3 amide bonds. The van der Waals surface area contributed by atoms with Crippen LogP contribution in [0.5, 0.6) is 0 Å². The third-order valence-electron chi connectivity index (χ3n) is 3.55. The van der Waals surface area contributed by atoms with Crippen LogP contribution >= 0.6 is 0 Å². The first-order valence-corrected chi connectivity index (χ1v) is 8.28. The average Bonchev–Trinajstić information content (AvgIpc) is 2.65. The number of carboxylic acid groups (broad SMARTS) is 2. The van der Waals surface area contributed by atoms with E-state index in [2.05, 4.69) is 10.6 Å². The average molecular weight is 394 g/mol. The second-order valence-electron chi connectivity index (χ2n) is 5.78. The van der Waals surface area contributed by atoms with Crippen LogP contribution in [0.3, 0.4) is 0 Å². The van der Waals surface area contributed by atoms with E-state index in [1.165, 1.54) is 0 Å². The smallest absolute Gasteiger partial charge is 0.322 e. The minimum absolute atomic E-state index is 0.0783. The molecule has 1 aromatic carbocycles. The van der Waals surface area contributed by atoms with Gasteiger partial charge in [-0.05, 0) is 5.56 Å². The monoisotopic (exact) mass is 394 g/mol. The van der Waals surface area contributed by atoms with Crippen molar-refractivity contribution in [1.82, 2.24) is 16.0 Å². The van der Waals surface area contributed by atoms with Gasteiger partial charge in [-0.2, -0.15) is 0 Å². The highest BCUT2D eigenvalue weighted by Crippen LogP contribution is 2.05. The Morgan fingerprint density at radius 2 is 1.54 bits per heavy atom. The quantitative estimate of drug-likeness (QED) is 0.244. The van der Waals surface area contributed by atoms with E-state index in [1.54, 1.807) is 30.3 Å². The Hall–Kier alpha value is -3.47. The van der Waals surface area contributed by atoms with Gasteiger partial charge in [0.15, 0.2) is 0 Å². The van der Waals surface area contributed by atoms with Gasteiger partial charge in [0.2, 0.25) is 17.7 Å². The van der Waals surface area contributed by atoms with Crippen LogP contribution in [0, 0.1) is 0 Å². The van der Waals surface area contributed by atoms with E-state index in [-0.39, 0.29) is 13.0 Å². The van der Waals surface area contributed by atoms with Crippen LogP contribution in [0.2, 0.25) is 0 Å². The fourth-order valence-corrected chi connectivity index (χ4v) is 2.25. The van der Waals surface area contributed by atoms with Crippen LogP contribution in [0.25, 0.3) is 0 Å². The third-order valence-corrected chi connectivity index (χ3v) is 3.55. The molecule has 0 aromatic heterocycles. The van der Waals surface area contributed by atoms with Crippen molar-refractivity contribution in [2.45, 2.75) is 24.9 Å². The van der Waals surface area contributed by atoms with E-state index >= 15 is 0 Å². The van der Waals surface area contributed by atoms with E-state index in [0.29, 0.717) is 5.56 Å². The molecule has 0 aliphatic rings. The Labute approximate surface area is 160 Å². The lowest BCUT2D eigenvalue weighted by molar-refractivity contribution is -0.141. The first kappa shape index (κ1) is 22.6. The van der Waals surface area contributed by atoms with Crippen molar-refractivity contribution >= 4 is 29.7 Å². The number of carboxylic acids is 2. The summed E-state index contributed by atoms with van der Waals surface area (Å²) in [7, 11) is 0. The number of benzene rings is 1. The van der Waals surface area contributed by atoms with Crippen molar-refractivity contribution in [3.63, 3.8) is 0 Å². The lowest BCUT2D eigenvalue weighted by Gasteiger charge is -2.22. The summed E-state index contributed by atoms with van der Waals surface area (Å²) >= 11 is 0. The van der Waals surface area contributed by atoms with E-state index in [1.807, 2.05) is 5.32 Å². The van der Waals surface area contributed by atoms with Crippen LogP contribution in [-0.4, -0.2) is 65.0 Å². The van der Waals surface area contributed by atoms with Crippen LogP contribution < -0.4 is 21.7 Å². The summed E-state index contributed by atoms with van der Waals surface area (Å²) in [6, 6.07) is 6.07. The predicted octanol–water partition coefficient (Wildman–Crippen LogP) is -2.17. The highest BCUT2D eigenvalue weighted by molar-refractivity contribution is 5.94. The lowest BCUT2D eigenvalue weighted by Crippen LogP contribution is -2.55. The molecule has 7 N–H and O–H groups in total. The largest absolute Gasteiger partial charge is 0.481 e. The minimum atomic E-state index is -1.52. The summed E-state index contributed by atoms with van der Waals surface area (Å²) in [6.45, 7) is -1.10. The molecule has 11 nitrogen and oxygen atoms in total. The number of nitrogens with one attached hydrogen (secondary N) is 3. The van der Waals surface area contributed by atoms with Crippen molar-refractivity contribution in [1.29, 1.82) is 0 Å². The zero-order chi connectivity index (χ0) is 21.1. The highest BCUT2D eigenvalue weighted by Gasteiger charge is 2.28. The van der Waals surface area contributed by atoms with E-state index in [9.17, 15) is 24.0 Å². The van der Waals surface area contributed by atoms with Crippen molar-refractivity contribution in [3.05, 3.63) is 35.9 Å². The maximum Gasteiger partial charge on any atom is 0.322 e. The number of hydrogen-bond acceptors (Lipinski definition) is 6. The second-order valence-corrected chi connectivity index (χ2v) is 5.78. The molecule has 152 valence electrons. The van der Waals surface area contributed by atoms with E-state index in [0.717, 1.165) is 0 Å². The number of carbonyl (C=O) groups excluding carboxylic acids is 3. The van der Waals surface area contributed by atoms with Crippen molar-refractivity contribution in [2.24, 2.45) is 5.73 Å². The van der Waals surface area contributed by atoms with Crippen LogP contribution in [0.4, 0.5) is 0 Å². The Bertz CT molecular complexity index is 723. The molecule has 1 aromatic rings. The van der Waals surface area contributed by atoms with Gasteiger partial charge < -0.3 is 31.9 Å². The molecule has 0 heterocycles. The van der Waals surface area contributed by atoms with Gasteiger partial charge in [-0.25, -0.2) is 0 Å². The number of aliphatic carboxylic acids is 2. The van der Waals surface area contributed by atoms with Gasteiger partial charge in [0.05, 0.1) is 13.0 Å². The normalized spacial score (nSPS) is 12.3. The standard InChI is InChI=1S/C17H22N4O7/c18-8-13(22)20-11(6-10-4-2-1-3-5-10)17(28)21-12(7-14(23)24)16(27)19-9-15(25)26/h1-5,11-12H,6-9,18H2,(H,19,27)(H,20,22)(H,21,28)(H,23,24)(H,25,26). The van der Waals surface area contributed by atoms with Crippen molar-refractivity contribution in [2.75, 3.05) is 13.1 Å².